The van der Waals surface area contributed by atoms with Crippen LogP contribution in [0.2, 0.25) is 0 Å². The standard InChI is InChI=1S/C39H50N6O8S/c1-8-22-17-39(22,35(49)50)44-33(47)28-15-24(18-45(28)34(48)32(38(5,6)7)43-37(51)53-23-11-9-10-12-23)52-30-16-26(27-19-54-36(42-27)40-20(2)3)41-31-21(4)29(46)14-13-25(30)31/h8,13-14,16,19-20,22-24,28,32,46H,1,9-12,15,17-18H2,2-7H3,(H,40,42)(H,43,51)(H,44,47)(H,49,50). The number of carboxylic acids is 1. The van der Waals surface area contributed by atoms with Crippen molar-refractivity contribution in [2.75, 3.05) is 11.9 Å². The Bertz CT molecular complexity index is 1950. The van der Waals surface area contributed by atoms with Gasteiger partial charge < -0.3 is 40.5 Å². The number of nitrogens with one attached hydrogen (secondary N) is 3. The first-order chi connectivity index (χ1) is 25.5. The van der Waals surface area contributed by atoms with Crippen LogP contribution >= 0.6 is 11.3 Å². The fourth-order valence-corrected chi connectivity index (χ4v) is 8.17. The van der Waals surface area contributed by atoms with Crippen molar-refractivity contribution in [3.63, 3.8) is 0 Å². The van der Waals surface area contributed by atoms with Gasteiger partial charge in [-0.25, -0.2) is 19.6 Å². The number of phenolic OH excluding ortho intramolecular Hbond substituents is 1. The number of amides is 3. The maximum Gasteiger partial charge on any atom is 0.408 e. The largest absolute Gasteiger partial charge is 0.508 e. The Morgan fingerprint density at radius 1 is 1.11 bits per heavy atom. The van der Waals surface area contributed by atoms with E-state index >= 15 is 0 Å². The van der Waals surface area contributed by atoms with E-state index in [2.05, 4.69) is 22.5 Å². The highest BCUT2D eigenvalue weighted by atomic mass is 32.1. The number of thiazole rings is 1. The topological polar surface area (TPSA) is 192 Å². The number of fused-ring (bicyclic) bond motifs is 1. The third-order valence-electron chi connectivity index (χ3n) is 10.5. The number of aromatic nitrogens is 2. The summed E-state index contributed by atoms with van der Waals surface area (Å²) < 4.78 is 12.3. The van der Waals surface area contributed by atoms with Crippen LogP contribution in [0.25, 0.3) is 22.3 Å². The number of hydrogen-bond donors (Lipinski definition) is 5. The van der Waals surface area contributed by atoms with Crippen LogP contribution in [0.4, 0.5) is 9.93 Å². The van der Waals surface area contributed by atoms with Crippen LogP contribution in [0, 0.1) is 18.3 Å². The van der Waals surface area contributed by atoms with Gasteiger partial charge in [0.2, 0.25) is 11.8 Å². The van der Waals surface area contributed by atoms with Crippen molar-refractivity contribution in [3.05, 3.63) is 41.8 Å². The maximum atomic E-state index is 14.6. The summed E-state index contributed by atoms with van der Waals surface area (Å²) in [5.41, 5.74) is -0.165. The summed E-state index contributed by atoms with van der Waals surface area (Å²) >= 11 is 1.43. The molecule has 0 bridgehead atoms. The summed E-state index contributed by atoms with van der Waals surface area (Å²) in [6.45, 7) is 14.9. The number of phenols is 1. The Balaban J connectivity index is 1.33. The molecule has 2 aromatic heterocycles. The molecule has 290 valence electrons. The second-order valence-corrected chi connectivity index (χ2v) is 16.9. The summed E-state index contributed by atoms with van der Waals surface area (Å²) in [6.07, 6.45) is 3.50. The van der Waals surface area contributed by atoms with Crippen LogP contribution in [0.5, 0.6) is 11.5 Å². The van der Waals surface area contributed by atoms with Crippen molar-refractivity contribution in [2.24, 2.45) is 11.3 Å². The number of carbonyl (C=O) groups is 4. The van der Waals surface area contributed by atoms with Crippen LogP contribution in [-0.4, -0.2) is 91.4 Å². The van der Waals surface area contributed by atoms with E-state index in [1.54, 1.807) is 25.1 Å². The van der Waals surface area contributed by atoms with Gasteiger partial charge in [0.25, 0.3) is 0 Å². The van der Waals surface area contributed by atoms with E-state index in [4.69, 9.17) is 19.4 Å². The van der Waals surface area contributed by atoms with Crippen LogP contribution < -0.4 is 20.7 Å². The molecule has 1 saturated heterocycles. The first-order valence-corrected chi connectivity index (χ1v) is 19.4. The molecular formula is C39H50N6O8S. The molecule has 1 aliphatic heterocycles. The molecule has 0 spiro atoms. The molecule has 3 aliphatic rings. The molecule has 3 heterocycles. The molecule has 3 aromatic rings. The highest BCUT2D eigenvalue weighted by Crippen LogP contribution is 2.45. The lowest BCUT2D eigenvalue weighted by molar-refractivity contribution is -0.146. The molecule has 15 heteroatoms. The molecule has 14 nitrogen and oxygen atoms in total. The lowest BCUT2D eigenvalue weighted by atomic mass is 9.85. The Hall–Kier alpha value is -4.92. The molecule has 6 rings (SSSR count). The monoisotopic (exact) mass is 762 g/mol. The SMILES string of the molecule is C=CC1CC1(NC(=O)C1CC(Oc2cc(-c3csc(NC(C)C)n3)nc3c(C)c(O)ccc23)CN1C(=O)C(NC(=O)OC1CCCC1)C(C)(C)C)C(=O)O. The molecule has 2 aliphatic carbocycles. The Kier molecular flexibility index (Phi) is 10.8. The number of alkyl carbamates (subject to hydrolysis) is 1. The number of aromatic hydroxyl groups is 1. The molecule has 5 unspecified atom stereocenters. The van der Waals surface area contributed by atoms with Crippen molar-refractivity contribution in [1.82, 2.24) is 25.5 Å². The van der Waals surface area contributed by atoms with Crippen LogP contribution in [0.1, 0.15) is 78.7 Å². The molecule has 3 fully saturated rings. The number of anilines is 1. The van der Waals surface area contributed by atoms with E-state index in [-0.39, 0.29) is 37.3 Å². The summed E-state index contributed by atoms with van der Waals surface area (Å²) in [7, 11) is 0. The number of nitrogens with zero attached hydrogens (tertiary/aromatic N) is 3. The predicted octanol–water partition coefficient (Wildman–Crippen LogP) is 5.77. The van der Waals surface area contributed by atoms with Crippen LogP contribution in [0.3, 0.4) is 0 Å². The summed E-state index contributed by atoms with van der Waals surface area (Å²) in [5, 5.41) is 32.7. The normalized spacial score (nSPS) is 23.2. The van der Waals surface area contributed by atoms with Gasteiger partial charge in [-0.15, -0.1) is 17.9 Å². The van der Waals surface area contributed by atoms with Crippen molar-refractivity contribution >= 4 is 51.2 Å². The number of pyridine rings is 1. The third kappa shape index (κ3) is 7.96. The lowest BCUT2D eigenvalue weighted by Gasteiger charge is -2.35. The average Bonchev–Trinajstić information content (AvgIpc) is 3.51. The second kappa shape index (κ2) is 15.1. The van der Waals surface area contributed by atoms with Gasteiger partial charge >= 0.3 is 12.1 Å². The number of likely N-dealkylation sites (tertiary alicyclic amines) is 1. The van der Waals surface area contributed by atoms with Gasteiger partial charge in [-0.2, -0.15) is 0 Å². The second-order valence-electron chi connectivity index (χ2n) is 16.0. The zero-order chi connectivity index (χ0) is 39.1. The van der Waals surface area contributed by atoms with E-state index in [0.717, 1.165) is 30.8 Å². The highest BCUT2D eigenvalue weighted by molar-refractivity contribution is 7.14. The fourth-order valence-electron chi connectivity index (χ4n) is 7.32. The Morgan fingerprint density at radius 3 is 2.46 bits per heavy atom. The predicted molar refractivity (Wildman–Crippen MR) is 204 cm³/mol. The quantitative estimate of drug-likeness (QED) is 0.141. The van der Waals surface area contributed by atoms with Gasteiger partial charge in [0.05, 0.1) is 17.8 Å². The number of aliphatic carboxylic acids is 1. The lowest BCUT2D eigenvalue weighted by Crippen LogP contribution is -2.59. The molecule has 2 saturated carbocycles. The van der Waals surface area contributed by atoms with E-state index in [0.29, 0.717) is 33.6 Å². The number of hydrogen-bond acceptors (Lipinski definition) is 11. The van der Waals surface area contributed by atoms with Gasteiger partial charge in [0.1, 0.15) is 47.0 Å². The van der Waals surface area contributed by atoms with E-state index in [1.807, 2.05) is 40.0 Å². The first-order valence-electron chi connectivity index (χ1n) is 18.5. The number of carbonyl (C=O) groups excluding carboxylic acids is 3. The van der Waals surface area contributed by atoms with E-state index in [9.17, 15) is 29.4 Å². The van der Waals surface area contributed by atoms with Gasteiger partial charge in [-0.05, 0) is 70.4 Å². The average molecular weight is 763 g/mol. The zero-order valence-corrected chi connectivity index (χ0v) is 32.4. The molecule has 5 N–H and O–H groups in total. The van der Waals surface area contributed by atoms with Crippen molar-refractivity contribution in [2.45, 2.75) is 116 Å². The highest BCUT2D eigenvalue weighted by Gasteiger charge is 2.61. The summed E-state index contributed by atoms with van der Waals surface area (Å²) in [4.78, 5) is 65.0. The van der Waals surface area contributed by atoms with Gasteiger partial charge in [-0.3, -0.25) is 9.59 Å². The fraction of sp³-hybridized carbons (Fsp3) is 0.538. The minimum Gasteiger partial charge on any atom is -0.508 e. The smallest absolute Gasteiger partial charge is 0.408 e. The minimum absolute atomic E-state index is 0.0325. The Morgan fingerprint density at radius 2 is 1.83 bits per heavy atom. The molecular weight excluding hydrogens is 713 g/mol. The molecule has 54 heavy (non-hydrogen) atoms. The summed E-state index contributed by atoms with van der Waals surface area (Å²) in [6, 6.07) is 2.98. The number of aryl methyl sites for hydroxylation is 1. The summed E-state index contributed by atoms with van der Waals surface area (Å²) in [5.74, 6) is -2.34. The first kappa shape index (κ1) is 38.8. The maximum absolute atomic E-state index is 14.6. The van der Waals surface area contributed by atoms with Gasteiger partial charge in [0, 0.05) is 40.8 Å². The van der Waals surface area contributed by atoms with E-state index in [1.165, 1.54) is 22.3 Å². The molecule has 0 radical (unpaired) electrons. The number of rotatable bonds is 12. The van der Waals surface area contributed by atoms with Gasteiger partial charge in [-0.1, -0.05) is 26.8 Å². The van der Waals surface area contributed by atoms with Crippen LogP contribution in [-0.2, 0) is 19.1 Å². The van der Waals surface area contributed by atoms with Crippen molar-refractivity contribution in [1.29, 1.82) is 0 Å². The van der Waals surface area contributed by atoms with Crippen molar-refractivity contribution < 1.29 is 38.9 Å². The molecule has 3 amide bonds. The number of ether oxygens (including phenoxy) is 2. The number of carboxylic acid groups (broad SMARTS) is 1. The van der Waals surface area contributed by atoms with Crippen LogP contribution in [0.15, 0.2) is 36.2 Å². The molecule has 1 aromatic carbocycles. The minimum atomic E-state index is -1.52. The van der Waals surface area contributed by atoms with E-state index < -0.39 is 58.9 Å². The molecule has 5 atom stereocenters. The zero-order valence-electron chi connectivity index (χ0n) is 31.6. The van der Waals surface area contributed by atoms with Crippen molar-refractivity contribution in [3.8, 4) is 22.9 Å². The van der Waals surface area contributed by atoms with Gasteiger partial charge in [0.15, 0.2) is 5.13 Å². The third-order valence-corrected chi connectivity index (χ3v) is 11.2. The number of benzene rings is 1. The Labute approximate surface area is 318 Å².